The van der Waals surface area contributed by atoms with Gasteiger partial charge in [-0.2, -0.15) is 0 Å². The molecule has 2 nitrogen and oxygen atoms in total. The van der Waals surface area contributed by atoms with E-state index >= 15 is 0 Å². The number of aromatic amines is 1. The first kappa shape index (κ1) is 8.65. The van der Waals surface area contributed by atoms with Crippen LogP contribution in [0.4, 0.5) is 0 Å². The van der Waals surface area contributed by atoms with Crippen LogP contribution >= 0.6 is 0 Å². The summed E-state index contributed by atoms with van der Waals surface area (Å²) in [6.07, 6.45) is 1.81. The Kier molecular flexibility index (Phi) is 2.38. The van der Waals surface area contributed by atoms with Crippen molar-refractivity contribution >= 4 is 11.8 Å². The molecule has 1 aromatic heterocycles. The van der Waals surface area contributed by atoms with Crippen molar-refractivity contribution in [2.45, 2.75) is 6.92 Å². The van der Waals surface area contributed by atoms with Crippen LogP contribution in [-0.4, -0.2) is 12.0 Å². The molecule has 0 amide bonds. The normalized spacial score (nSPS) is 9.50. The minimum absolute atomic E-state index is 0.895. The average Bonchev–Trinajstić information content (AvgIpc) is 2.45. The molecule has 1 aromatic rings. The monoisotopic (exact) mass is 162 g/mol. The quantitative estimate of drug-likeness (QED) is 0.700. The first-order valence-electron chi connectivity index (χ1n) is 3.88. The zero-order chi connectivity index (χ0) is 9.14. The van der Waals surface area contributed by atoms with Gasteiger partial charge in [-0.3, -0.25) is 0 Å². The van der Waals surface area contributed by atoms with Crippen molar-refractivity contribution in [2.24, 2.45) is 0 Å². The fourth-order valence-corrected chi connectivity index (χ4v) is 1.08. The summed E-state index contributed by atoms with van der Waals surface area (Å²) in [4.78, 5) is 3.20. The van der Waals surface area contributed by atoms with E-state index in [-0.39, 0.29) is 0 Å². The van der Waals surface area contributed by atoms with E-state index in [4.69, 9.17) is 0 Å². The van der Waals surface area contributed by atoms with Crippen LogP contribution in [0.15, 0.2) is 19.2 Å². The van der Waals surface area contributed by atoms with E-state index in [2.05, 4.69) is 29.5 Å². The molecule has 0 aliphatic heterocycles. The predicted octanol–water partition coefficient (Wildman–Crippen LogP) is 2.16. The van der Waals surface area contributed by atoms with Crippen molar-refractivity contribution < 1.29 is 0 Å². The van der Waals surface area contributed by atoms with Gasteiger partial charge in [0, 0.05) is 12.7 Å². The Balaban J connectivity index is 3.04. The highest BCUT2D eigenvalue weighted by Gasteiger charge is 2.02. The van der Waals surface area contributed by atoms with E-state index in [9.17, 15) is 0 Å². The molecule has 0 aromatic carbocycles. The van der Waals surface area contributed by atoms with Crippen LogP contribution in [0.2, 0.25) is 0 Å². The smallest absolute Gasteiger partial charge is 0.0617 e. The van der Waals surface area contributed by atoms with Gasteiger partial charge in [0.15, 0.2) is 0 Å². The molecule has 2 N–H and O–H groups in total. The SMILES string of the molecule is C=Cc1[nH]c(C(=C)NC)cc1C. The molecule has 0 fully saturated rings. The van der Waals surface area contributed by atoms with E-state index in [1.807, 2.05) is 20.0 Å². The Morgan fingerprint density at radius 2 is 2.33 bits per heavy atom. The summed E-state index contributed by atoms with van der Waals surface area (Å²) >= 11 is 0. The molecule has 0 aliphatic rings. The van der Waals surface area contributed by atoms with Crippen molar-refractivity contribution in [3.05, 3.63) is 36.2 Å². The van der Waals surface area contributed by atoms with E-state index in [0.717, 1.165) is 17.1 Å². The molecule has 64 valence electrons. The topological polar surface area (TPSA) is 27.8 Å². The third-order valence-electron chi connectivity index (χ3n) is 1.89. The Labute approximate surface area is 73.0 Å². The van der Waals surface area contributed by atoms with Crippen molar-refractivity contribution in [1.29, 1.82) is 0 Å². The second-order valence-corrected chi connectivity index (χ2v) is 2.71. The summed E-state index contributed by atoms with van der Waals surface area (Å²) in [5.41, 5.74) is 4.16. The molecule has 0 atom stereocenters. The lowest BCUT2D eigenvalue weighted by Gasteiger charge is -1.99. The number of aryl methyl sites for hydroxylation is 1. The molecule has 0 bridgehead atoms. The summed E-state index contributed by atoms with van der Waals surface area (Å²) in [6, 6.07) is 2.05. The van der Waals surface area contributed by atoms with Gasteiger partial charge in [-0.1, -0.05) is 13.2 Å². The fraction of sp³-hybridized carbons (Fsp3) is 0.200. The third-order valence-corrected chi connectivity index (χ3v) is 1.89. The van der Waals surface area contributed by atoms with Gasteiger partial charge in [0.2, 0.25) is 0 Å². The van der Waals surface area contributed by atoms with E-state index < -0.39 is 0 Å². The molecule has 0 saturated carbocycles. The van der Waals surface area contributed by atoms with Crippen molar-refractivity contribution in [3.63, 3.8) is 0 Å². The molecular weight excluding hydrogens is 148 g/mol. The average molecular weight is 162 g/mol. The summed E-state index contributed by atoms with van der Waals surface area (Å²) in [5.74, 6) is 0. The molecule has 0 aliphatic carbocycles. The molecule has 1 heterocycles. The van der Waals surface area contributed by atoms with Crippen LogP contribution in [0.25, 0.3) is 11.8 Å². The minimum atomic E-state index is 0.895. The van der Waals surface area contributed by atoms with Crippen molar-refractivity contribution in [1.82, 2.24) is 10.3 Å². The molecule has 0 spiro atoms. The van der Waals surface area contributed by atoms with Gasteiger partial charge in [-0.05, 0) is 24.6 Å². The molecule has 2 heteroatoms. The first-order valence-corrected chi connectivity index (χ1v) is 3.88. The maximum atomic E-state index is 3.86. The van der Waals surface area contributed by atoms with Gasteiger partial charge in [-0.25, -0.2) is 0 Å². The van der Waals surface area contributed by atoms with Crippen LogP contribution in [-0.2, 0) is 0 Å². The highest BCUT2D eigenvalue weighted by atomic mass is 14.9. The van der Waals surface area contributed by atoms with Gasteiger partial charge < -0.3 is 10.3 Å². The first-order chi connectivity index (χ1) is 5.69. The van der Waals surface area contributed by atoms with Gasteiger partial charge in [0.1, 0.15) is 0 Å². The Hall–Kier alpha value is -1.44. The predicted molar refractivity (Wildman–Crippen MR) is 53.7 cm³/mol. The molecule has 0 saturated heterocycles. The maximum Gasteiger partial charge on any atom is 0.0617 e. The van der Waals surface area contributed by atoms with E-state index in [1.165, 1.54) is 5.56 Å². The van der Waals surface area contributed by atoms with Crippen LogP contribution in [0.5, 0.6) is 0 Å². The number of aromatic nitrogens is 1. The van der Waals surface area contributed by atoms with Crippen LogP contribution in [0.1, 0.15) is 17.0 Å². The molecule has 0 unspecified atom stereocenters. The summed E-state index contributed by atoms with van der Waals surface area (Å²) in [6.45, 7) is 9.61. The lowest BCUT2D eigenvalue weighted by Crippen LogP contribution is -2.02. The Bertz CT molecular complexity index is 308. The number of hydrogen-bond donors (Lipinski definition) is 2. The third kappa shape index (κ3) is 1.42. The standard InChI is InChI=1S/C10H14N2/c1-5-9-7(2)6-10(12-9)8(3)11-4/h5-6,11-12H,1,3H2,2,4H3. The summed E-state index contributed by atoms with van der Waals surface area (Å²) in [5, 5.41) is 2.99. The van der Waals surface area contributed by atoms with Crippen molar-refractivity contribution in [2.75, 3.05) is 7.05 Å². The van der Waals surface area contributed by atoms with Crippen LogP contribution in [0.3, 0.4) is 0 Å². The number of H-pyrrole nitrogens is 1. The highest BCUT2D eigenvalue weighted by Crippen LogP contribution is 2.14. The van der Waals surface area contributed by atoms with Gasteiger partial charge in [0.05, 0.1) is 11.4 Å². The number of rotatable bonds is 3. The fourth-order valence-electron chi connectivity index (χ4n) is 1.08. The second kappa shape index (κ2) is 3.30. The zero-order valence-corrected chi connectivity index (χ0v) is 7.57. The van der Waals surface area contributed by atoms with Gasteiger partial charge in [-0.15, -0.1) is 0 Å². The van der Waals surface area contributed by atoms with Crippen LogP contribution < -0.4 is 5.32 Å². The lowest BCUT2D eigenvalue weighted by molar-refractivity contribution is 1.11. The lowest BCUT2D eigenvalue weighted by atomic mass is 10.2. The number of nitrogens with one attached hydrogen (secondary N) is 2. The highest BCUT2D eigenvalue weighted by molar-refractivity contribution is 5.62. The molecule has 1 rings (SSSR count). The molecule has 0 radical (unpaired) electrons. The maximum absolute atomic E-state index is 3.86. The molecular formula is C10H14N2. The van der Waals surface area contributed by atoms with Gasteiger partial charge >= 0.3 is 0 Å². The Morgan fingerprint density at radius 3 is 2.75 bits per heavy atom. The summed E-state index contributed by atoms with van der Waals surface area (Å²) < 4.78 is 0. The van der Waals surface area contributed by atoms with Crippen LogP contribution in [0, 0.1) is 6.92 Å². The van der Waals surface area contributed by atoms with Gasteiger partial charge in [0.25, 0.3) is 0 Å². The summed E-state index contributed by atoms with van der Waals surface area (Å²) in [7, 11) is 1.85. The molecule has 12 heavy (non-hydrogen) atoms. The Morgan fingerprint density at radius 1 is 1.67 bits per heavy atom. The van der Waals surface area contributed by atoms with Crippen molar-refractivity contribution in [3.8, 4) is 0 Å². The largest absolute Gasteiger partial charge is 0.387 e. The van der Waals surface area contributed by atoms with E-state index in [1.54, 1.807) is 0 Å². The number of hydrogen-bond acceptors (Lipinski definition) is 1. The minimum Gasteiger partial charge on any atom is -0.387 e. The zero-order valence-electron chi connectivity index (χ0n) is 7.57. The second-order valence-electron chi connectivity index (χ2n) is 2.71. The van der Waals surface area contributed by atoms with E-state index in [0.29, 0.717) is 0 Å².